The van der Waals surface area contributed by atoms with Crippen molar-refractivity contribution in [3.05, 3.63) is 12.2 Å². The lowest BCUT2D eigenvalue weighted by molar-refractivity contribution is -0.139. The summed E-state index contributed by atoms with van der Waals surface area (Å²) in [6, 6.07) is 1.86. The van der Waals surface area contributed by atoms with E-state index in [1.165, 1.54) is 19.3 Å². The highest BCUT2D eigenvalue weighted by atomic mass is 28.4. The van der Waals surface area contributed by atoms with Gasteiger partial charge in [-0.2, -0.15) is 0 Å². The summed E-state index contributed by atoms with van der Waals surface area (Å²) < 4.78 is 45.4. The molecule has 2 rings (SSSR count). The SMILES string of the molecule is C=C(C)C(=O)OCCCC[SiH](OC)OC.CO[Si](CCC1CCC2OC2C1)(OC)OC.O=[SiH2]. The van der Waals surface area contributed by atoms with Crippen molar-refractivity contribution < 1.29 is 40.9 Å². The predicted molar refractivity (Wildman–Crippen MR) is 132 cm³/mol. The van der Waals surface area contributed by atoms with E-state index in [9.17, 15) is 4.79 Å². The Kier molecular flexibility index (Phi) is 18.4. The van der Waals surface area contributed by atoms with E-state index in [2.05, 4.69) is 6.58 Å². The molecule has 0 bridgehead atoms. The first-order valence-electron chi connectivity index (χ1n) is 11.3. The van der Waals surface area contributed by atoms with Crippen LogP contribution >= 0.6 is 0 Å². The van der Waals surface area contributed by atoms with Crippen molar-refractivity contribution in [3.63, 3.8) is 0 Å². The van der Waals surface area contributed by atoms with Gasteiger partial charge in [0.2, 0.25) is 10.1 Å². The molecule has 1 saturated carbocycles. The van der Waals surface area contributed by atoms with Crippen LogP contribution in [-0.4, -0.2) is 88.6 Å². The zero-order chi connectivity index (χ0) is 25.3. The molecular weight excluding hydrogens is 480 g/mol. The van der Waals surface area contributed by atoms with Crippen LogP contribution in [0.4, 0.5) is 0 Å². The average molecular weight is 525 g/mol. The van der Waals surface area contributed by atoms with Gasteiger partial charge in [-0.3, -0.25) is 0 Å². The third-order valence-corrected chi connectivity index (χ3v) is 10.5. The highest BCUT2D eigenvalue weighted by Gasteiger charge is 2.45. The van der Waals surface area contributed by atoms with Gasteiger partial charge >= 0.3 is 24.1 Å². The number of hydrogen-bond donors (Lipinski definition) is 0. The second kappa shape index (κ2) is 18.7. The molecule has 0 amide bonds. The fraction of sp³-hybridized carbons (Fsp3) is 0.857. The maximum absolute atomic E-state index is 11.0. The van der Waals surface area contributed by atoms with E-state index >= 15 is 0 Å². The van der Waals surface area contributed by atoms with E-state index in [0.717, 1.165) is 37.3 Å². The average Bonchev–Trinajstić information content (AvgIpc) is 3.63. The van der Waals surface area contributed by atoms with Crippen LogP contribution in [0.2, 0.25) is 12.1 Å². The predicted octanol–water partition coefficient (Wildman–Crippen LogP) is 2.19. The van der Waals surface area contributed by atoms with Crippen LogP contribution in [0.3, 0.4) is 0 Å². The lowest BCUT2D eigenvalue weighted by atomic mass is 9.88. The summed E-state index contributed by atoms with van der Waals surface area (Å²) in [5.41, 5.74) is 0.441. The summed E-state index contributed by atoms with van der Waals surface area (Å²) in [5, 5.41) is 0. The molecule has 2 fully saturated rings. The second-order valence-corrected chi connectivity index (χ2v) is 13.5. The monoisotopic (exact) mass is 524 g/mol. The zero-order valence-electron chi connectivity index (χ0n) is 21.3. The lowest BCUT2D eigenvalue weighted by Gasteiger charge is -2.27. The van der Waals surface area contributed by atoms with Gasteiger partial charge in [0.15, 0.2) is 0 Å². The van der Waals surface area contributed by atoms with E-state index in [1.807, 2.05) is 0 Å². The maximum atomic E-state index is 11.0. The van der Waals surface area contributed by atoms with Gasteiger partial charge in [0.05, 0.1) is 18.8 Å². The quantitative estimate of drug-likeness (QED) is 0.111. The molecule has 194 valence electrons. The van der Waals surface area contributed by atoms with Crippen molar-refractivity contribution in [3.8, 4) is 0 Å². The van der Waals surface area contributed by atoms with Gasteiger partial charge < -0.3 is 36.1 Å². The molecule has 12 heteroatoms. The largest absolute Gasteiger partial charge is 0.500 e. The van der Waals surface area contributed by atoms with Crippen LogP contribution in [0.1, 0.15) is 45.4 Å². The maximum Gasteiger partial charge on any atom is 0.500 e. The third-order valence-electron chi connectivity index (χ3n) is 5.85. The Morgan fingerprint density at radius 3 is 2.12 bits per heavy atom. The highest BCUT2D eigenvalue weighted by Crippen LogP contribution is 2.41. The highest BCUT2D eigenvalue weighted by molar-refractivity contribution is 6.60. The first-order valence-corrected chi connectivity index (χ1v) is 15.6. The minimum atomic E-state index is -2.35. The number of carbonyl (C=O) groups is 1. The summed E-state index contributed by atoms with van der Waals surface area (Å²) in [6.45, 7) is 5.59. The van der Waals surface area contributed by atoms with Crippen molar-refractivity contribution in [1.82, 2.24) is 0 Å². The molecule has 2 aliphatic rings. The molecule has 1 aliphatic carbocycles. The minimum absolute atomic E-state index is 0.317. The summed E-state index contributed by atoms with van der Waals surface area (Å²) in [7, 11) is 5.20. The number of ether oxygens (including phenoxy) is 2. The number of unbranched alkanes of at least 4 members (excludes halogenated alkanes) is 1. The summed E-state index contributed by atoms with van der Waals surface area (Å²) >= 11 is 0. The van der Waals surface area contributed by atoms with Crippen molar-refractivity contribution in [2.24, 2.45) is 5.92 Å². The van der Waals surface area contributed by atoms with Gasteiger partial charge in [0.1, 0.15) is 0 Å². The van der Waals surface area contributed by atoms with Crippen LogP contribution < -0.4 is 0 Å². The van der Waals surface area contributed by atoms with Gasteiger partial charge in [-0.25, -0.2) is 4.79 Å². The molecule has 1 saturated heterocycles. The normalized spacial score (nSPS) is 21.1. The molecule has 0 aromatic carbocycles. The Bertz CT molecular complexity index is 537. The second-order valence-electron chi connectivity index (χ2n) is 8.04. The number of esters is 1. The topological polar surface area (TPSA) is 102 Å². The third kappa shape index (κ3) is 13.2. The molecule has 33 heavy (non-hydrogen) atoms. The van der Waals surface area contributed by atoms with Crippen molar-refractivity contribution in [2.75, 3.05) is 42.2 Å². The van der Waals surface area contributed by atoms with E-state index in [0.29, 0.717) is 34.5 Å². The van der Waals surface area contributed by atoms with Crippen LogP contribution in [-0.2, 0) is 40.9 Å². The number of fused-ring (bicyclic) bond motifs is 1. The lowest BCUT2D eigenvalue weighted by Crippen LogP contribution is -2.43. The number of hydrogen-bond acceptors (Lipinski definition) is 9. The van der Waals surface area contributed by atoms with Crippen LogP contribution in [0.25, 0.3) is 0 Å². The van der Waals surface area contributed by atoms with Gasteiger partial charge in [-0.1, -0.05) is 6.58 Å². The van der Waals surface area contributed by atoms with Crippen LogP contribution in [0, 0.1) is 5.92 Å². The Morgan fingerprint density at radius 2 is 1.64 bits per heavy atom. The smallest absolute Gasteiger partial charge is 0.462 e. The van der Waals surface area contributed by atoms with Crippen molar-refractivity contribution in [2.45, 2.75) is 69.7 Å². The number of rotatable bonds is 14. The Morgan fingerprint density at radius 1 is 1.03 bits per heavy atom. The van der Waals surface area contributed by atoms with Gasteiger partial charge in [-0.15, -0.1) is 0 Å². The molecular formula is C21H44O9Si3. The van der Waals surface area contributed by atoms with E-state index in [4.69, 9.17) is 36.1 Å². The fourth-order valence-corrected chi connectivity index (χ4v) is 6.88. The van der Waals surface area contributed by atoms with Gasteiger partial charge in [-0.05, 0) is 57.4 Å². The first-order chi connectivity index (χ1) is 15.8. The Balaban J connectivity index is 0.000000579. The fourth-order valence-electron chi connectivity index (χ4n) is 3.72. The Hall–Kier alpha value is -0.579. The molecule has 0 spiro atoms. The van der Waals surface area contributed by atoms with Crippen LogP contribution in [0.5, 0.6) is 0 Å². The summed E-state index contributed by atoms with van der Waals surface area (Å²) in [4.78, 5) is 11.0. The molecule has 0 radical (unpaired) electrons. The molecule has 0 aromatic heterocycles. The molecule has 3 atom stereocenters. The van der Waals surface area contributed by atoms with Gasteiger partial charge in [0.25, 0.3) is 0 Å². The molecule has 1 aliphatic heterocycles. The minimum Gasteiger partial charge on any atom is -0.462 e. The van der Waals surface area contributed by atoms with E-state index in [1.54, 1.807) is 42.5 Å². The van der Waals surface area contributed by atoms with Crippen molar-refractivity contribution in [1.29, 1.82) is 0 Å². The van der Waals surface area contributed by atoms with Crippen LogP contribution in [0.15, 0.2) is 12.2 Å². The van der Waals surface area contributed by atoms with Gasteiger partial charge in [0, 0.05) is 47.2 Å². The summed E-state index contributed by atoms with van der Waals surface area (Å²) in [5.74, 6) is 0.443. The Labute approximate surface area is 205 Å². The zero-order valence-corrected chi connectivity index (χ0v) is 24.8. The first kappa shape index (κ1) is 32.4. The number of carbonyl (C=O) groups excluding carboxylic acids is 1. The summed E-state index contributed by atoms with van der Waals surface area (Å²) in [6.07, 6.45) is 7.81. The molecule has 0 N–H and O–H groups in total. The standard InChI is InChI=1S/C11H22O4Si.C10H20O4Si.H2OSi/c1-12-16(13-2,14-3)7-6-9-4-5-10-11(8-9)15-10;1-9(2)10(11)14-7-5-6-8-15(12-3)13-4;1-2/h9-11H,4-8H2,1-3H3;15H,1,5-8H2,2-4H3;2H2. The molecule has 1 heterocycles. The van der Waals surface area contributed by atoms with E-state index in [-0.39, 0.29) is 5.97 Å². The van der Waals surface area contributed by atoms with E-state index < -0.39 is 18.1 Å². The molecule has 0 aromatic rings. The number of epoxide rings is 1. The molecule has 3 unspecified atom stereocenters. The van der Waals surface area contributed by atoms with Crippen molar-refractivity contribution >= 4 is 34.2 Å². The molecule has 9 nitrogen and oxygen atoms in total.